The van der Waals surface area contributed by atoms with E-state index in [1.165, 1.54) is 25.9 Å². The molecule has 134 valence electrons. The molecule has 1 aromatic heterocycles. The highest BCUT2D eigenvalue weighted by Gasteiger charge is 2.12. The van der Waals surface area contributed by atoms with Gasteiger partial charge in [0.15, 0.2) is 5.82 Å². The Morgan fingerprint density at radius 1 is 1.00 bits per heavy atom. The number of carbonyl (C=O) groups is 1. The van der Waals surface area contributed by atoms with Crippen LogP contribution < -0.4 is 5.32 Å². The molecule has 1 N–H and O–H groups in total. The Bertz CT molecular complexity index is 890. The van der Waals surface area contributed by atoms with Gasteiger partial charge in [-0.05, 0) is 55.7 Å². The van der Waals surface area contributed by atoms with Crippen molar-refractivity contribution in [2.75, 3.05) is 25.0 Å². The van der Waals surface area contributed by atoms with Crippen LogP contribution in [0, 0.1) is 0 Å². The number of benzene rings is 2. The van der Waals surface area contributed by atoms with Crippen molar-refractivity contribution in [3.8, 4) is 0 Å². The van der Waals surface area contributed by atoms with E-state index in [2.05, 4.69) is 15.3 Å². The zero-order valence-electron chi connectivity index (χ0n) is 14.9. The molecule has 1 fully saturated rings. The van der Waals surface area contributed by atoms with Crippen molar-refractivity contribution in [2.45, 2.75) is 25.8 Å². The summed E-state index contributed by atoms with van der Waals surface area (Å²) in [7, 11) is 0. The highest BCUT2D eigenvalue weighted by atomic mass is 16.1. The standard InChI is InChI=1S/C21H24N4O/c26-21(19-10-5-8-17-7-1-2-9-18(17)19)22-20-11-16-25(23-20)15-6-14-24-12-3-4-13-24/h1-2,5,7-11,16H,3-4,6,12-15H2,(H,22,23,26). The molecule has 0 radical (unpaired) electrons. The first-order valence-electron chi connectivity index (χ1n) is 9.34. The second-order valence-corrected chi connectivity index (χ2v) is 6.85. The molecule has 0 atom stereocenters. The number of nitrogens with zero attached hydrogens (tertiary/aromatic N) is 3. The van der Waals surface area contributed by atoms with Gasteiger partial charge in [0, 0.05) is 24.4 Å². The highest BCUT2D eigenvalue weighted by Crippen LogP contribution is 2.19. The molecule has 1 amide bonds. The van der Waals surface area contributed by atoms with E-state index in [0.717, 1.165) is 30.3 Å². The molecule has 1 saturated heterocycles. The number of hydrogen-bond acceptors (Lipinski definition) is 3. The molecule has 0 spiro atoms. The van der Waals surface area contributed by atoms with Gasteiger partial charge in [-0.3, -0.25) is 9.48 Å². The Balaban J connectivity index is 1.38. The van der Waals surface area contributed by atoms with Crippen LogP contribution in [0.4, 0.5) is 5.82 Å². The molecule has 1 aliphatic heterocycles. The number of hydrogen-bond donors (Lipinski definition) is 1. The van der Waals surface area contributed by atoms with Crippen LogP contribution in [0.15, 0.2) is 54.7 Å². The Kier molecular flexibility index (Phi) is 4.97. The Morgan fingerprint density at radius 3 is 2.69 bits per heavy atom. The first-order chi connectivity index (χ1) is 12.8. The van der Waals surface area contributed by atoms with Crippen molar-refractivity contribution < 1.29 is 4.79 Å². The molecule has 1 aliphatic rings. The minimum absolute atomic E-state index is 0.121. The number of aryl methyl sites for hydroxylation is 1. The number of carbonyl (C=O) groups excluding carboxylic acids is 1. The highest BCUT2D eigenvalue weighted by molar-refractivity contribution is 6.12. The number of rotatable bonds is 6. The predicted molar refractivity (Wildman–Crippen MR) is 104 cm³/mol. The van der Waals surface area contributed by atoms with Gasteiger partial charge in [0.05, 0.1) is 0 Å². The van der Waals surface area contributed by atoms with Gasteiger partial charge in [-0.15, -0.1) is 0 Å². The summed E-state index contributed by atoms with van der Waals surface area (Å²) in [6.07, 6.45) is 5.67. The van der Waals surface area contributed by atoms with Gasteiger partial charge in [-0.1, -0.05) is 36.4 Å². The zero-order chi connectivity index (χ0) is 17.8. The van der Waals surface area contributed by atoms with Gasteiger partial charge in [-0.25, -0.2) is 0 Å². The van der Waals surface area contributed by atoms with Gasteiger partial charge in [0.25, 0.3) is 5.91 Å². The molecule has 5 heteroatoms. The SMILES string of the molecule is O=C(Nc1ccn(CCCN2CCCC2)n1)c1cccc2ccccc12. The van der Waals surface area contributed by atoms with Crippen LogP contribution in [0.1, 0.15) is 29.6 Å². The summed E-state index contributed by atoms with van der Waals surface area (Å²) in [5.41, 5.74) is 0.673. The Hall–Kier alpha value is -2.66. The van der Waals surface area contributed by atoms with Crippen molar-refractivity contribution in [2.24, 2.45) is 0 Å². The fourth-order valence-corrected chi connectivity index (χ4v) is 3.62. The van der Waals surface area contributed by atoms with Gasteiger partial charge in [0.1, 0.15) is 0 Å². The van der Waals surface area contributed by atoms with E-state index in [9.17, 15) is 4.79 Å². The van der Waals surface area contributed by atoms with E-state index >= 15 is 0 Å². The van der Waals surface area contributed by atoms with E-state index in [1.807, 2.05) is 59.4 Å². The average Bonchev–Trinajstić information content (AvgIpc) is 3.33. The third-order valence-electron chi connectivity index (χ3n) is 4.98. The average molecular weight is 348 g/mol. The predicted octanol–water partition coefficient (Wildman–Crippen LogP) is 3.77. The summed E-state index contributed by atoms with van der Waals surface area (Å²) in [5.74, 6) is 0.480. The third-order valence-corrected chi connectivity index (χ3v) is 4.98. The molecule has 0 unspecified atom stereocenters. The molecule has 26 heavy (non-hydrogen) atoms. The Labute approximate surface area is 153 Å². The zero-order valence-corrected chi connectivity index (χ0v) is 14.9. The maximum absolute atomic E-state index is 12.7. The lowest BCUT2D eigenvalue weighted by molar-refractivity contribution is 0.102. The van der Waals surface area contributed by atoms with Crippen LogP contribution in [-0.2, 0) is 6.54 Å². The first kappa shape index (κ1) is 16.8. The third kappa shape index (κ3) is 3.78. The van der Waals surface area contributed by atoms with Crippen LogP contribution in [0.3, 0.4) is 0 Å². The van der Waals surface area contributed by atoms with E-state index in [1.54, 1.807) is 0 Å². The van der Waals surface area contributed by atoms with Gasteiger partial charge in [-0.2, -0.15) is 5.10 Å². The van der Waals surface area contributed by atoms with Crippen LogP contribution in [0.2, 0.25) is 0 Å². The lowest BCUT2D eigenvalue weighted by atomic mass is 10.0. The lowest BCUT2D eigenvalue weighted by Crippen LogP contribution is -2.21. The quantitative estimate of drug-likeness (QED) is 0.738. The monoisotopic (exact) mass is 348 g/mol. The second-order valence-electron chi connectivity index (χ2n) is 6.85. The molecule has 4 rings (SSSR count). The number of fused-ring (bicyclic) bond motifs is 1. The fraction of sp³-hybridized carbons (Fsp3) is 0.333. The van der Waals surface area contributed by atoms with Crippen molar-refractivity contribution in [3.63, 3.8) is 0 Å². The van der Waals surface area contributed by atoms with Crippen LogP contribution in [0.5, 0.6) is 0 Å². The molecule has 0 saturated carbocycles. The molecular formula is C21H24N4O. The van der Waals surface area contributed by atoms with Crippen LogP contribution in [0.25, 0.3) is 10.8 Å². The van der Waals surface area contributed by atoms with Crippen molar-refractivity contribution in [3.05, 3.63) is 60.3 Å². The summed E-state index contributed by atoms with van der Waals surface area (Å²) in [5, 5.41) is 9.43. The van der Waals surface area contributed by atoms with Crippen LogP contribution >= 0.6 is 0 Å². The van der Waals surface area contributed by atoms with Crippen molar-refractivity contribution >= 4 is 22.5 Å². The summed E-state index contributed by atoms with van der Waals surface area (Å²) in [6.45, 7) is 4.45. The summed E-state index contributed by atoms with van der Waals surface area (Å²) in [4.78, 5) is 15.2. The minimum atomic E-state index is -0.121. The number of likely N-dealkylation sites (tertiary alicyclic amines) is 1. The normalized spacial score (nSPS) is 14.8. The molecule has 5 nitrogen and oxygen atoms in total. The number of amides is 1. The van der Waals surface area contributed by atoms with E-state index < -0.39 is 0 Å². The van der Waals surface area contributed by atoms with Gasteiger partial charge < -0.3 is 10.2 Å². The Morgan fingerprint density at radius 2 is 1.81 bits per heavy atom. The maximum atomic E-state index is 12.7. The van der Waals surface area contributed by atoms with Crippen molar-refractivity contribution in [1.82, 2.24) is 14.7 Å². The first-order valence-corrected chi connectivity index (χ1v) is 9.34. The smallest absolute Gasteiger partial charge is 0.257 e. The van der Waals surface area contributed by atoms with Gasteiger partial charge in [0.2, 0.25) is 0 Å². The number of nitrogens with one attached hydrogen (secondary N) is 1. The molecule has 0 aliphatic carbocycles. The summed E-state index contributed by atoms with van der Waals surface area (Å²) >= 11 is 0. The molecular weight excluding hydrogens is 324 g/mol. The minimum Gasteiger partial charge on any atom is -0.305 e. The maximum Gasteiger partial charge on any atom is 0.257 e. The number of anilines is 1. The van der Waals surface area contributed by atoms with E-state index in [0.29, 0.717) is 11.4 Å². The molecule has 0 bridgehead atoms. The van der Waals surface area contributed by atoms with E-state index in [4.69, 9.17) is 0 Å². The molecule has 3 aromatic rings. The van der Waals surface area contributed by atoms with Crippen LogP contribution in [-0.4, -0.2) is 40.2 Å². The molecule has 2 aromatic carbocycles. The summed E-state index contributed by atoms with van der Waals surface area (Å²) < 4.78 is 1.91. The number of aromatic nitrogens is 2. The second kappa shape index (κ2) is 7.70. The molecule has 2 heterocycles. The van der Waals surface area contributed by atoms with Crippen molar-refractivity contribution in [1.29, 1.82) is 0 Å². The summed E-state index contributed by atoms with van der Waals surface area (Å²) in [6, 6.07) is 15.6. The fourth-order valence-electron chi connectivity index (χ4n) is 3.62. The largest absolute Gasteiger partial charge is 0.305 e. The van der Waals surface area contributed by atoms with E-state index in [-0.39, 0.29) is 5.91 Å². The van der Waals surface area contributed by atoms with Gasteiger partial charge >= 0.3 is 0 Å². The lowest BCUT2D eigenvalue weighted by Gasteiger charge is -2.13. The topological polar surface area (TPSA) is 50.2 Å².